The number of carboxylic acid groups (broad SMARTS) is 2. The fourth-order valence-electron chi connectivity index (χ4n) is 4.18. The Balaban J connectivity index is 0.000000263. The highest BCUT2D eigenvalue weighted by Gasteiger charge is 2.53. The van der Waals surface area contributed by atoms with Crippen molar-refractivity contribution in [1.82, 2.24) is 14.7 Å². The van der Waals surface area contributed by atoms with Crippen LogP contribution in [0.25, 0.3) is 16.6 Å². The lowest BCUT2D eigenvalue weighted by Gasteiger charge is -2.18. The van der Waals surface area contributed by atoms with Crippen molar-refractivity contribution in [2.75, 3.05) is 13.1 Å². The van der Waals surface area contributed by atoms with E-state index in [0.717, 1.165) is 30.7 Å². The number of hydrogen-bond donors (Lipinski definition) is 4. The predicted molar refractivity (Wildman–Crippen MR) is 127 cm³/mol. The molecule has 2 aromatic carbocycles. The van der Waals surface area contributed by atoms with E-state index in [4.69, 9.17) is 31.3 Å². The van der Waals surface area contributed by atoms with Gasteiger partial charge in [0.05, 0.1) is 11.3 Å². The van der Waals surface area contributed by atoms with Crippen molar-refractivity contribution in [2.45, 2.75) is 24.9 Å². The van der Waals surface area contributed by atoms with Crippen LogP contribution in [-0.4, -0.2) is 74.2 Å². The summed E-state index contributed by atoms with van der Waals surface area (Å²) in [7, 11) is 0. The lowest BCUT2D eigenvalue weighted by molar-refractivity contribution is -0.193. The van der Waals surface area contributed by atoms with Crippen LogP contribution in [0.1, 0.15) is 15.9 Å². The molecule has 2 heterocycles. The number of hydrogen-bond acceptors (Lipinski definition) is 6. The van der Waals surface area contributed by atoms with Gasteiger partial charge in [-0.2, -0.15) is 31.4 Å². The molecule has 6 N–H and O–H groups in total. The summed E-state index contributed by atoms with van der Waals surface area (Å²) >= 11 is 0. The molecule has 2 atom stereocenters. The molecule has 2 unspecified atom stereocenters. The lowest BCUT2D eigenvalue weighted by atomic mass is 10.1. The average molecular weight is 575 g/mol. The number of nitrogens with two attached hydrogens (primary N) is 2. The summed E-state index contributed by atoms with van der Waals surface area (Å²) in [6.45, 7) is 3.20. The number of benzene rings is 2. The topological polar surface area (TPSA) is 165 Å². The number of aromatic nitrogens is 2. The number of alkyl halides is 6. The predicted octanol–water partition coefficient (Wildman–Crippen LogP) is 2.78. The van der Waals surface area contributed by atoms with Crippen molar-refractivity contribution in [3.05, 3.63) is 59.8 Å². The third kappa shape index (κ3) is 7.47. The molecule has 1 aromatic heterocycles. The van der Waals surface area contributed by atoms with Gasteiger partial charge in [0.1, 0.15) is 5.52 Å². The first kappa shape index (κ1) is 30.4. The van der Waals surface area contributed by atoms with E-state index in [1.54, 1.807) is 10.7 Å². The van der Waals surface area contributed by atoms with Crippen LogP contribution < -0.4 is 11.5 Å². The number of carbonyl (C=O) groups excluding carboxylic acids is 1. The number of aliphatic carboxylic acids is 2. The Kier molecular flexibility index (Phi) is 8.74. The Bertz CT molecular complexity index is 1350. The summed E-state index contributed by atoms with van der Waals surface area (Å²) in [6, 6.07) is 14.3. The molecule has 1 aliphatic heterocycles. The first-order chi connectivity index (χ1) is 18.5. The van der Waals surface area contributed by atoms with Crippen LogP contribution in [0, 0.1) is 11.8 Å². The van der Waals surface area contributed by atoms with Crippen molar-refractivity contribution in [1.29, 1.82) is 0 Å². The van der Waals surface area contributed by atoms with E-state index < -0.39 is 30.2 Å². The molecule has 40 heavy (non-hydrogen) atoms. The van der Waals surface area contributed by atoms with Gasteiger partial charge in [-0.05, 0) is 35.6 Å². The fourth-order valence-corrected chi connectivity index (χ4v) is 4.18. The minimum Gasteiger partial charge on any atom is -0.475 e. The summed E-state index contributed by atoms with van der Waals surface area (Å²) in [5.74, 6) is -4.55. The van der Waals surface area contributed by atoms with E-state index in [1.807, 2.05) is 18.3 Å². The molecule has 16 heteroatoms. The van der Waals surface area contributed by atoms with Gasteiger partial charge >= 0.3 is 24.3 Å². The third-order valence-corrected chi connectivity index (χ3v) is 6.23. The van der Waals surface area contributed by atoms with Gasteiger partial charge < -0.3 is 21.7 Å². The lowest BCUT2D eigenvalue weighted by Crippen LogP contribution is -2.27. The number of likely N-dealkylation sites (tertiary alicyclic amines) is 1. The minimum atomic E-state index is -5.08. The summed E-state index contributed by atoms with van der Waals surface area (Å²) in [5.41, 5.74) is 14.8. The number of carboxylic acids is 2. The first-order valence-electron chi connectivity index (χ1n) is 11.4. The number of nitrogens with zero attached hydrogens (tertiary/aromatic N) is 3. The maximum Gasteiger partial charge on any atom is 0.490 e. The molecule has 1 aliphatic carbocycles. The molecule has 2 fully saturated rings. The molecule has 0 bridgehead atoms. The largest absolute Gasteiger partial charge is 0.490 e. The Morgan fingerprint density at radius 3 is 1.85 bits per heavy atom. The summed E-state index contributed by atoms with van der Waals surface area (Å²) < 4.78 is 65.3. The van der Waals surface area contributed by atoms with E-state index in [1.165, 1.54) is 5.56 Å². The smallest absolute Gasteiger partial charge is 0.475 e. The molecule has 216 valence electrons. The third-order valence-electron chi connectivity index (χ3n) is 6.23. The normalized spacial score (nSPS) is 20.0. The van der Waals surface area contributed by atoms with Crippen molar-refractivity contribution < 1.29 is 50.9 Å². The highest BCUT2D eigenvalue weighted by molar-refractivity contribution is 6.04. The van der Waals surface area contributed by atoms with Gasteiger partial charge in [0.25, 0.3) is 5.91 Å². The zero-order valence-electron chi connectivity index (χ0n) is 20.4. The number of primary amides is 1. The van der Waals surface area contributed by atoms with Crippen molar-refractivity contribution in [3.8, 4) is 5.69 Å². The van der Waals surface area contributed by atoms with Gasteiger partial charge in [-0.15, -0.1) is 0 Å². The molecule has 0 radical (unpaired) electrons. The molecule has 2 aliphatic rings. The monoisotopic (exact) mass is 575 g/mol. The average Bonchev–Trinajstić information content (AvgIpc) is 3.22. The van der Waals surface area contributed by atoms with E-state index in [9.17, 15) is 31.1 Å². The highest BCUT2D eigenvalue weighted by Crippen LogP contribution is 2.44. The van der Waals surface area contributed by atoms with Crippen LogP contribution >= 0.6 is 0 Å². The molecule has 10 nitrogen and oxygen atoms in total. The van der Waals surface area contributed by atoms with Crippen LogP contribution in [0.5, 0.6) is 0 Å². The number of fused-ring (bicyclic) bond motifs is 2. The minimum absolute atomic E-state index is 0.438. The Morgan fingerprint density at radius 2 is 1.40 bits per heavy atom. The van der Waals surface area contributed by atoms with Gasteiger partial charge in [-0.3, -0.25) is 9.69 Å². The van der Waals surface area contributed by atoms with Crippen LogP contribution in [0.2, 0.25) is 0 Å². The van der Waals surface area contributed by atoms with Gasteiger partial charge in [0.15, 0.2) is 0 Å². The van der Waals surface area contributed by atoms with Crippen LogP contribution in [0.4, 0.5) is 26.3 Å². The molecule has 1 saturated heterocycles. The Hall–Kier alpha value is -4.18. The van der Waals surface area contributed by atoms with Crippen molar-refractivity contribution in [2.24, 2.45) is 23.3 Å². The quantitative estimate of drug-likeness (QED) is 0.345. The molecule has 5 rings (SSSR count). The molecule has 1 amide bonds. The van der Waals surface area contributed by atoms with Gasteiger partial charge in [0, 0.05) is 37.3 Å². The zero-order valence-corrected chi connectivity index (χ0v) is 20.4. The summed E-state index contributed by atoms with van der Waals surface area (Å²) in [5, 5.41) is 19.7. The Morgan fingerprint density at radius 1 is 0.900 bits per heavy atom. The van der Waals surface area contributed by atoms with Crippen LogP contribution in [0.3, 0.4) is 0 Å². The first-order valence-corrected chi connectivity index (χ1v) is 11.4. The standard InChI is InChI=1S/C20H21N5O.2C2HF3O2/c21-18-16-10-24(11-17(16)18)8-12-4-6-14(7-5-12)25-9-13-2-1-3-15(20(22)26)19(13)23-25;2*3-2(4,5)1(6)7/h1-7,9,16-18H,8,10-11,21H2,(H2,22,26);2*(H,6,7). The molecule has 0 spiro atoms. The second-order valence-corrected chi connectivity index (χ2v) is 9.05. The Labute approximate surface area is 221 Å². The summed E-state index contributed by atoms with van der Waals surface area (Å²) in [4.78, 5) is 31.8. The van der Waals surface area contributed by atoms with Crippen LogP contribution in [0.15, 0.2) is 48.7 Å². The maximum atomic E-state index is 11.6. The van der Waals surface area contributed by atoms with Crippen molar-refractivity contribution in [3.63, 3.8) is 0 Å². The van der Waals surface area contributed by atoms with E-state index in [0.29, 0.717) is 29.0 Å². The number of rotatable bonds is 4. The number of piperidine rings is 1. The van der Waals surface area contributed by atoms with Gasteiger partial charge in [-0.25, -0.2) is 14.3 Å². The molecular weight excluding hydrogens is 552 g/mol. The van der Waals surface area contributed by atoms with E-state index in [-0.39, 0.29) is 0 Å². The molecular formula is C24H23F6N5O5. The molecule has 3 aromatic rings. The second-order valence-electron chi connectivity index (χ2n) is 9.05. The number of amides is 1. The number of carbonyl (C=O) groups is 3. The van der Waals surface area contributed by atoms with Gasteiger partial charge in [-0.1, -0.05) is 24.3 Å². The highest BCUT2D eigenvalue weighted by atomic mass is 19.4. The summed E-state index contributed by atoms with van der Waals surface area (Å²) in [6.07, 6.45) is -8.24. The van der Waals surface area contributed by atoms with Gasteiger partial charge in [0.2, 0.25) is 0 Å². The second kappa shape index (κ2) is 11.5. The maximum absolute atomic E-state index is 11.6. The van der Waals surface area contributed by atoms with E-state index in [2.05, 4.69) is 34.3 Å². The van der Waals surface area contributed by atoms with Crippen molar-refractivity contribution >= 4 is 28.7 Å². The fraction of sp³-hybridized carbons (Fsp3) is 0.333. The zero-order chi connectivity index (χ0) is 30.0. The SMILES string of the molecule is NC(=O)c1cccc2cn(-c3ccc(CN4CC5C(N)C5C4)cc3)nc12.O=C(O)C(F)(F)F.O=C(O)C(F)(F)F. The number of halogens is 6. The van der Waals surface area contributed by atoms with E-state index >= 15 is 0 Å². The molecule has 1 saturated carbocycles. The van der Waals surface area contributed by atoms with Crippen LogP contribution in [-0.2, 0) is 16.1 Å².